The molecule has 1 N–H and O–H groups in total. The van der Waals surface area contributed by atoms with Crippen molar-refractivity contribution in [2.45, 2.75) is 26.2 Å². The first kappa shape index (κ1) is 13.7. The Hall–Kier alpha value is -1.35. The van der Waals surface area contributed by atoms with E-state index in [0.29, 0.717) is 6.54 Å². The summed E-state index contributed by atoms with van der Waals surface area (Å²) in [4.78, 5) is 13.7. The van der Waals surface area contributed by atoms with Crippen LogP contribution in [-0.4, -0.2) is 35.6 Å². The van der Waals surface area contributed by atoms with Gasteiger partial charge in [0.15, 0.2) is 0 Å². The Morgan fingerprint density at radius 3 is 2.18 bits per heavy atom. The van der Waals surface area contributed by atoms with Crippen LogP contribution < -0.4 is 0 Å². The number of carboxylic acids is 1. The number of carboxylic acid groups (broad SMARTS) is 1. The molecule has 0 fully saturated rings. The van der Waals surface area contributed by atoms with Crippen LogP contribution in [0.25, 0.3) is 0 Å². The third-order valence-corrected chi connectivity index (χ3v) is 3.32. The summed E-state index contributed by atoms with van der Waals surface area (Å²) in [5, 5.41) is 9.50. The summed E-state index contributed by atoms with van der Waals surface area (Å²) in [7, 11) is 0. The zero-order chi connectivity index (χ0) is 12.9. The van der Waals surface area contributed by atoms with E-state index in [9.17, 15) is 9.90 Å². The van der Waals surface area contributed by atoms with Crippen LogP contribution in [0.3, 0.4) is 0 Å². The average molecular weight is 235 g/mol. The Balaban J connectivity index is 3.02. The molecule has 3 heteroatoms. The molecule has 1 unspecified atom stereocenters. The third kappa shape index (κ3) is 3.07. The Labute approximate surface area is 103 Å². The van der Waals surface area contributed by atoms with Crippen LogP contribution in [0.2, 0.25) is 0 Å². The zero-order valence-electron chi connectivity index (χ0n) is 10.8. The van der Waals surface area contributed by atoms with Crippen LogP contribution in [0.5, 0.6) is 0 Å². The first-order chi connectivity index (χ1) is 8.04. The minimum absolute atomic E-state index is 0.541. The lowest BCUT2D eigenvalue weighted by Crippen LogP contribution is -2.44. The summed E-state index contributed by atoms with van der Waals surface area (Å²) < 4.78 is 0. The molecule has 1 aromatic carbocycles. The van der Waals surface area contributed by atoms with Gasteiger partial charge < -0.3 is 10.0 Å². The molecule has 1 aromatic rings. The topological polar surface area (TPSA) is 40.5 Å². The second-order valence-electron chi connectivity index (χ2n) is 4.46. The number of benzene rings is 1. The third-order valence-electron chi connectivity index (χ3n) is 3.32. The molecule has 0 radical (unpaired) electrons. The summed E-state index contributed by atoms with van der Waals surface area (Å²) in [5.74, 6) is -0.768. The zero-order valence-corrected chi connectivity index (χ0v) is 10.8. The predicted molar refractivity (Wildman–Crippen MR) is 69.2 cm³/mol. The van der Waals surface area contributed by atoms with Crippen molar-refractivity contribution in [3.8, 4) is 0 Å². The van der Waals surface area contributed by atoms with Gasteiger partial charge >= 0.3 is 5.97 Å². The van der Waals surface area contributed by atoms with E-state index in [-0.39, 0.29) is 0 Å². The number of rotatable bonds is 6. The molecule has 3 nitrogen and oxygen atoms in total. The molecule has 0 amide bonds. The Kier molecular flexibility index (Phi) is 4.70. The fraction of sp³-hybridized carbons (Fsp3) is 0.500. The fourth-order valence-electron chi connectivity index (χ4n) is 1.98. The van der Waals surface area contributed by atoms with Crippen LogP contribution in [-0.2, 0) is 10.2 Å². The van der Waals surface area contributed by atoms with E-state index < -0.39 is 11.4 Å². The van der Waals surface area contributed by atoms with Crippen LogP contribution in [0.1, 0.15) is 26.3 Å². The lowest BCUT2D eigenvalue weighted by molar-refractivity contribution is -0.144. The molecule has 0 aliphatic rings. The molecule has 94 valence electrons. The molecule has 0 bridgehead atoms. The molecule has 0 aromatic heterocycles. The van der Waals surface area contributed by atoms with Gasteiger partial charge in [0.1, 0.15) is 5.41 Å². The maximum Gasteiger partial charge on any atom is 0.315 e. The van der Waals surface area contributed by atoms with E-state index in [1.807, 2.05) is 30.3 Å². The van der Waals surface area contributed by atoms with Crippen molar-refractivity contribution in [1.29, 1.82) is 0 Å². The minimum atomic E-state index is -0.840. The van der Waals surface area contributed by atoms with Crippen molar-refractivity contribution in [2.75, 3.05) is 19.6 Å². The van der Waals surface area contributed by atoms with E-state index in [0.717, 1.165) is 18.7 Å². The van der Waals surface area contributed by atoms with Crippen molar-refractivity contribution >= 4 is 5.97 Å². The summed E-state index contributed by atoms with van der Waals surface area (Å²) in [5.41, 5.74) is 0.0206. The summed E-state index contributed by atoms with van der Waals surface area (Å²) in [6.07, 6.45) is 0. The van der Waals surface area contributed by atoms with Gasteiger partial charge in [-0.3, -0.25) is 4.79 Å². The van der Waals surface area contributed by atoms with E-state index in [1.165, 1.54) is 0 Å². The summed E-state index contributed by atoms with van der Waals surface area (Å²) >= 11 is 0. The molecule has 17 heavy (non-hydrogen) atoms. The highest BCUT2D eigenvalue weighted by Gasteiger charge is 2.36. The second kappa shape index (κ2) is 5.82. The summed E-state index contributed by atoms with van der Waals surface area (Å²) in [6, 6.07) is 9.45. The van der Waals surface area contributed by atoms with Crippen molar-refractivity contribution in [3.63, 3.8) is 0 Å². The van der Waals surface area contributed by atoms with Crippen molar-refractivity contribution in [3.05, 3.63) is 35.9 Å². The van der Waals surface area contributed by atoms with Crippen molar-refractivity contribution in [1.82, 2.24) is 4.90 Å². The van der Waals surface area contributed by atoms with Gasteiger partial charge in [-0.2, -0.15) is 0 Å². The first-order valence-electron chi connectivity index (χ1n) is 6.05. The minimum Gasteiger partial charge on any atom is -0.481 e. The van der Waals surface area contributed by atoms with Gasteiger partial charge in [-0.25, -0.2) is 0 Å². The van der Waals surface area contributed by atoms with Gasteiger partial charge in [0.25, 0.3) is 0 Å². The first-order valence-corrected chi connectivity index (χ1v) is 6.05. The van der Waals surface area contributed by atoms with E-state index in [4.69, 9.17) is 0 Å². The molecule has 0 heterocycles. The molecule has 0 aliphatic heterocycles. The monoisotopic (exact) mass is 235 g/mol. The number of hydrogen-bond donors (Lipinski definition) is 1. The molecule has 0 saturated heterocycles. The molecule has 0 spiro atoms. The highest BCUT2D eigenvalue weighted by atomic mass is 16.4. The molecular formula is C14H21NO2. The van der Waals surface area contributed by atoms with Crippen molar-refractivity contribution < 1.29 is 9.90 Å². The largest absolute Gasteiger partial charge is 0.481 e. The molecule has 1 atom stereocenters. The van der Waals surface area contributed by atoms with Gasteiger partial charge in [0.2, 0.25) is 0 Å². The van der Waals surface area contributed by atoms with E-state index in [2.05, 4.69) is 18.7 Å². The highest BCUT2D eigenvalue weighted by molar-refractivity contribution is 5.81. The normalized spacial score (nSPS) is 14.6. The van der Waals surface area contributed by atoms with Crippen LogP contribution in [0, 0.1) is 0 Å². The average Bonchev–Trinajstić information content (AvgIpc) is 2.36. The fourth-order valence-corrected chi connectivity index (χ4v) is 1.98. The number of nitrogens with zero attached hydrogens (tertiary/aromatic N) is 1. The van der Waals surface area contributed by atoms with Gasteiger partial charge in [0, 0.05) is 6.54 Å². The van der Waals surface area contributed by atoms with Crippen LogP contribution in [0.15, 0.2) is 30.3 Å². The smallest absolute Gasteiger partial charge is 0.315 e. The van der Waals surface area contributed by atoms with Gasteiger partial charge in [-0.15, -0.1) is 0 Å². The lowest BCUT2D eigenvalue weighted by atomic mass is 9.82. The van der Waals surface area contributed by atoms with E-state index in [1.54, 1.807) is 6.92 Å². The standard InChI is InChI=1S/C14H21NO2/c1-4-15(5-2)11-14(3,13(16)17)12-9-7-6-8-10-12/h6-10H,4-5,11H2,1-3H3,(H,16,17). The lowest BCUT2D eigenvalue weighted by Gasteiger charge is -2.31. The van der Waals surface area contributed by atoms with Crippen LogP contribution in [0.4, 0.5) is 0 Å². The Bertz CT molecular complexity index is 360. The SMILES string of the molecule is CCN(CC)CC(C)(C(=O)O)c1ccccc1. The Morgan fingerprint density at radius 1 is 1.24 bits per heavy atom. The Morgan fingerprint density at radius 2 is 1.76 bits per heavy atom. The highest BCUT2D eigenvalue weighted by Crippen LogP contribution is 2.25. The molecule has 1 rings (SSSR count). The number of aliphatic carboxylic acids is 1. The number of hydrogen-bond acceptors (Lipinski definition) is 2. The maximum atomic E-state index is 11.6. The summed E-state index contributed by atoms with van der Waals surface area (Å²) in [6.45, 7) is 8.17. The second-order valence-corrected chi connectivity index (χ2v) is 4.46. The van der Waals surface area contributed by atoms with Gasteiger partial charge in [-0.1, -0.05) is 44.2 Å². The molecule has 0 aliphatic carbocycles. The quantitative estimate of drug-likeness (QED) is 0.823. The maximum absolute atomic E-state index is 11.6. The van der Waals surface area contributed by atoms with Crippen LogP contribution >= 0.6 is 0 Å². The van der Waals surface area contributed by atoms with Gasteiger partial charge in [-0.05, 0) is 25.6 Å². The van der Waals surface area contributed by atoms with Crippen molar-refractivity contribution in [2.24, 2.45) is 0 Å². The number of carbonyl (C=O) groups is 1. The molecule has 0 saturated carbocycles. The molecular weight excluding hydrogens is 214 g/mol. The van der Waals surface area contributed by atoms with Gasteiger partial charge in [0.05, 0.1) is 0 Å². The predicted octanol–water partition coefficient (Wildman–Crippen LogP) is 2.37. The van der Waals surface area contributed by atoms with E-state index >= 15 is 0 Å². The number of likely N-dealkylation sites (N-methyl/N-ethyl adjacent to an activating group) is 1.